The molecule has 0 bridgehead atoms. The fraction of sp³-hybridized carbons (Fsp3) is 0.400. The Morgan fingerprint density at radius 2 is 2.03 bits per heavy atom. The number of rotatable bonds is 7. The Bertz CT molecular complexity index is 1130. The van der Waals surface area contributed by atoms with Crippen LogP contribution >= 0.6 is 0 Å². The maximum absolute atomic E-state index is 13.0. The van der Waals surface area contributed by atoms with Crippen molar-refractivity contribution in [1.82, 2.24) is 14.9 Å². The van der Waals surface area contributed by atoms with Crippen LogP contribution in [0.4, 0.5) is 5.69 Å². The van der Waals surface area contributed by atoms with Gasteiger partial charge in [0.05, 0.1) is 16.8 Å². The molecule has 0 unspecified atom stereocenters. The Labute approximate surface area is 194 Å². The molecular weight excluding hydrogens is 418 g/mol. The second-order valence-electron chi connectivity index (χ2n) is 8.69. The zero-order valence-corrected chi connectivity index (χ0v) is 19.2. The number of carbonyl (C=O) groups excluding carboxylic acids is 1. The second-order valence-corrected chi connectivity index (χ2v) is 8.69. The number of carbonyl (C=O) groups is 1. The summed E-state index contributed by atoms with van der Waals surface area (Å²) in [4.78, 5) is 25.9. The highest BCUT2D eigenvalue weighted by Gasteiger charge is 2.35. The van der Waals surface area contributed by atoms with Gasteiger partial charge in [0, 0.05) is 50.7 Å². The van der Waals surface area contributed by atoms with Crippen molar-refractivity contribution in [2.45, 2.75) is 25.4 Å². The zero-order valence-electron chi connectivity index (χ0n) is 19.2. The van der Waals surface area contributed by atoms with E-state index in [9.17, 15) is 9.90 Å². The first-order chi connectivity index (χ1) is 15.9. The molecule has 1 aliphatic rings. The van der Waals surface area contributed by atoms with Crippen LogP contribution in [0.2, 0.25) is 0 Å². The summed E-state index contributed by atoms with van der Waals surface area (Å²) in [7, 11) is 1.73. The third kappa shape index (κ3) is 5.23. The maximum Gasteiger partial charge on any atom is 0.253 e. The Balaban J connectivity index is 1.41. The second kappa shape index (κ2) is 9.72. The van der Waals surface area contributed by atoms with E-state index in [2.05, 4.69) is 14.9 Å². The third-order valence-corrected chi connectivity index (χ3v) is 6.08. The molecule has 2 aromatic heterocycles. The predicted octanol–water partition coefficient (Wildman–Crippen LogP) is 2.38. The van der Waals surface area contributed by atoms with Crippen molar-refractivity contribution in [2.24, 2.45) is 5.73 Å². The number of anilines is 1. The molecule has 1 aromatic carbocycles. The lowest BCUT2D eigenvalue weighted by atomic mass is 9.90. The van der Waals surface area contributed by atoms with Gasteiger partial charge in [-0.2, -0.15) is 0 Å². The van der Waals surface area contributed by atoms with Crippen molar-refractivity contribution in [3.63, 3.8) is 0 Å². The van der Waals surface area contributed by atoms with Gasteiger partial charge in [0.15, 0.2) is 0 Å². The normalized spacial score (nSPS) is 15.5. The summed E-state index contributed by atoms with van der Waals surface area (Å²) >= 11 is 0. The third-order valence-electron chi connectivity index (χ3n) is 6.08. The molecule has 3 aromatic rings. The Kier molecular flexibility index (Phi) is 6.76. The molecule has 0 aliphatic carbocycles. The lowest BCUT2D eigenvalue weighted by Gasteiger charge is -2.41. The molecule has 1 aliphatic heterocycles. The standard InChI is InChI=1S/C25H31N5O3/c1-18-6-7-21-23(28-18)22(8-12-27-21)30-13-9-25(32,10-14-30)17-29(2)24(31)19-4-3-5-20(16-19)33-15-11-26/h3-8,12,16,32H,9-11,13-15,17,26H2,1-2H3. The molecule has 3 N–H and O–H groups in total. The number of ether oxygens (including phenoxy) is 1. The van der Waals surface area contributed by atoms with Gasteiger partial charge in [-0.1, -0.05) is 6.07 Å². The van der Waals surface area contributed by atoms with Gasteiger partial charge in [0.1, 0.15) is 17.9 Å². The van der Waals surface area contributed by atoms with Gasteiger partial charge in [0.25, 0.3) is 5.91 Å². The van der Waals surface area contributed by atoms with Crippen molar-refractivity contribution in [2.75, 3.05) is 44.7 Å². The van der Waals surface area contributed by atoms with Crippen LogP contribution < -0.4 is 15.4 Å². The van der Waals surface area contributed by atoms with Crippen LogP contribution in [0.3, 0.4) is 0 Å². The molecule has 174 valence electrons. The monoisotopic (exact) mass is 449 g/mol. The largest absolute Gasteiger partial charge is 0.492 e. The average molecular weight is 450 g/mol. The number of benzene rings is 1. The van der Waals surface area contributed by atoms with Gasteiger partial charge in [-0.3, -0.25) is 9.78 Å². The summed E-state index contributed by atoms with van der Waals surface area (Å²) in [5.74, 6) is 0.462. The molecule has 1 fully saturated rings. The van der Waals surface area contributed by atoms with E-state index in [1.54, 1.807) is 42.4 Å². The van der Waals surface area contributed by atoms with Crippen LogP contribution in [0.15, 0.2) is 48.7 Å². The van der Waals surface area contributed by atoms with Gasteiger partial charge in [-0.05, 0) is 56.2 Å². The molecule has 0 saturated carbocycles. The summed E-state index contributed by atoms with van der Waals surface area (Å²) in [6.07, 6.45) is 2.91. The average Bonchev–Trinajstić information content (AvgIpc) is 2.82. The summed E-state index contributed by atoms with van der Waals surface area (Å²) in [5.41, 5.74) is 8.79. The fourth-order valence-corrected chi connectivity index (χ4v) is 4.32. The van der Waals surface area contributed by atoms with E-state index in [0.29, 0.717) is 50.4 Å². The van der Waals surface area contributed by atoms with Crippen LogP contribution in [0.25, 0.3) is 11.0 Å². The minimum Gasteiger partial charge on any atom is -0.492 e. The molecule has 0 radical (unpaired) electrons. The molecule has 3 heterocycles. The Morgan fingerprint density at radius 1 is 1.24 bits per heavy atom. The van der Waals surface area contributed by atoms with E-state index >= 15 is 0 Å². The highest BCUT2D eigenvalue weighted by molar-refractivity contribution is 5.94. The molecule has 8 heteroatoms. The van der Waals surface area contributed by atoms with Gasteiger partial charge in [-0.25, -0.2) is 4.98 Å². The smallest absolute Gasteiger partial charge is 0.253 e. The molecule has 8 nitrogen and oxygen atoms in total. The number of hydrogen-bond acceptors (Lipinski definition) is 7. The number of amides is 1. The predicted molar refractivity (Wildman–Crippen MR) is 129 cm³/mol. The number of hydrogen-bond donors (Lipinski definition) is 2. The number of pyridine rings is 2. The quantitative estimate of drug-likeness (QED) is 0.571. The van der Waals surface area contributed by atoms with Gasteiger partial charge in [0.2, 0.25) is 0 Å². The van der Waals surface area contributed by atoms with E-state index in [4.69, 9.17) is 10.5 Å². The summed E-state index contributed by atoms with van der Waals surface area (Å²) < 4.78 is 5.53. The number of nitrogens with zero attached hydrogens (tertiary/aromatic N) is 4. The van der Waals surface area contributed by atoms with E-state index in [-0.39, 0.29) is 12.5 Å². The maximum atomic E-state index is 13.0. The number of fused-ring (bicyclic) bond motifs is 1. The van der Waals surface area contributed by atoms with Crippen LogP contribution in [-0.4, -0.2) is 71.3 Å². The number of nitrogens with two attached hydrogens (primary N) is 1. The molecular formula is C25H31N5O3. The van der Waals surface area contributed by atoms with Crippen molar-refractivity contribution < 1.29 is 14.6 Å². The van der Waals surface area contributed by atoms with E-state index in [0.717, 1.165) is 22.4 Å². The van der Waals surface area contributed by atoms with E-state index < -0.39 is 5.60 Å². The highest BCUT2D eigenvalue weighted by atomic mass is 16.5. The first-order valence-electron chi connectivity index (χ1n) is 11.3. The summed E-state index contributed by atoms with van der Waals surface area (Å²) in [6, 6.07) is 13.0. The topological polar surface area (TPSA) is 105 Å². The lowest BCUT2D eigenvalue weighted by Crippen LogP contribution is -2.51. The number of aromatic nitrogens is 2. The Hall–Kier alpha value is -3.23. The first kappa shape index (κ1) is 22.9. The number of piperidine rings is 1. The Morgan fingerprint density at radius 3 is 2.79 bits per heavy atom. The number of aliphatic hydroxyl groups is 1. The molecule has 0 atom stereocenters. The van der Waals surface area contributed by atoms with Gasteiger partial charge in [-0.15, -0.1) is 0 Å². The fourth-order valence-electron chi connectivity index (χ4n) is 4.32. The highest BCUT2D eigenvalue weighted by Crippen LogP contribution is 2.31. The molecule has 0 spiro atoms. The SMILES string of the molecule is Cc1ccc2nccc(N3CCC(O)(CN(C)C(=O)c4cccc(OCCN)c4)CC3)c2n1. The van der Waals surface area contributed by atoms with Crippen molar-refractivity contribution >= 4 is 22.6 Å². The van der Waals surface area contributed by atoms with Crippen molar-refractivity contribution in [1.29, 1.82) is 0 Å². The minimum atomic E-state index is -0.944. The van der Waals surface area contributed by atoms with Crippen LogP contribution in [0, 0.1) is 6.92 Å². The van der Waals surface area contributed by atoms with Crippen molar-refractivity contribution in [3.8, 4) is 5.75 Å². The number of likely N-dealkylation sites (N-methyl/N-ethyl adjacent to an activating group) is 1. The van der Waals surface area contributed by atoms with Gasteiger partial charge < -0.3 is 25.4 Å². The molecule has 33 heavy (non-hydrogen) atoms. The van der Waals surface area contributed by atoms with Crippen LogP contribution in [-0.2, 0) is 0 Å². The molecule has 1 saturated heterocycles. The summed E-state index contributed by atoms with van der Waals surface area (Å²) in [5, 5.41) is 11.2. The zero-order chi connectivity index (χ0) is 23.4. The van der Waals surface area contributed by atoms with Crippen LogP contribution in [0.5, 0.6) is 5.75 Å². The van der Waals surface area contributed by atoms with Gasteiger partial charge >= 0.3 is 0 Å². The number of aryl methyl sites for hydroxylation is 1. The lowest BCUT2D eigenvalue weighted by molar-refractivity contribution is -0.00800. The molecule has 4 rings (SSSR count). The van der Waals surface area contributed by atoms with E-state index in [1.807, 2.05) is 25.1 Å². The molecule has 1 amide bonds. The first-order valence-corrected chi connectivity index (χ1v) is 11.3. The van der Waals surface area contributed by atoms with E-state index in [1.165, 1.54) is 0 Å². The summed E-state index contributed by atoms with van der Waals surface area (Å²) in [6.45, 7) is 4.39. The van der Waals surface area contributed by atoms with Crippen molar-refractivity contribution in [3.05, 3.63) is 59.9 Å². The van der Waals surface area contributed by atoms with Crippen LogP contribution in [0.1, 0.15) is 28.9 Å². The minimum absolute atomic E-state index is 0.149.